The maximum Gasteiger partial charge on any atom is 0.243 e. The fraction of sp³-hybridized carbons (Fsp3) is 0.500. The average molecular weight is 275 g/mol. The summed E-state index contributed by atoms with van der Waals surface area (Å²) in [5, 5.41) is 2.92. The van der Waals surface area contributed by atoms with Gasteiger partial charge in [0.05, 0.1) is 6.54 Å². The molecule has 1 N–H and O–H groups in total. The van der Waals surface area contributed by atoms with E-state index >= 15 is 0 Å². The number of carbonyl (C=O) groups is 1. The smallest absolute Gasteiger partial charge is 0.243 e. The summed E-state index contributed by atoms with van der Waals surface area (Å²) >= 11 is 0. The van der Waals surface area contributed by atoms with E-state index in [0.29, 0.717) is 12.6 Å². The summed E-state index contributed by atoms with van der Waals surface area (Å²) in [5.74, 6) is 1.66. The van der Waals surface area contributed by atoms with E-state index in [1.54, 1.807) is 12.4 Å². The topological polar surface area (TPSA) is 64.7 Å². The van der Waals surface area contributed by atoms with Gasteiger partial charge < -0.3 is 14.5 Å². The second-order valence-corrected chi connectivity index (χ2v) is 5.12. The number of hydrogen-bond acceptors (Lipinski definition) is 3. The first-order valence-electron chi connectivity index (χ1n) is 6.79. The molecule has 0 fully saturated rings. The summed E-state index contributed by atoms with van der Waals surface area (Å²) in [7, 11) is 0. The van der Waals surface area contributed by atoms with Crippen LogP contribution in [-0.2, 0) is 11.3 Å². The van der Waals surface area contributed by atoms with Crippen LogP contribution in [0.5, 0.6) is 0 Å². The van der Waals surface area contributed by atoms with Crippen LogP contribution in [0.1, 0.15) is 44.5 Å². The number of nitrogens with zero attached hydrogens (tertiary/aromatic N) is 4. The third-order valence-electron chi connectivity index (χ3n) is 3.38. The van der Waals surface area contributed by atoms with Crippen molar-refractivity contribution in [2.75, 3.05) is 0 Å². The van der Waals surface area contributed by atoms with Crippen molar-refractivity contribution in [1.29, 1.82) is 0 Å². The fourth-order valence-corrected chi connectivity index (χ4v) is 2.19. The molecule has 2 aromatic rings. The molecule has 0 aliphatic rings. The summed E-state index contributed by atoms with van der Waals surface area (Å²) in [4.78, 5) is 20.6. The molecular formula is C14H21N5O. The van der Waals surface area contributed by atoms with E-state index in [1.165, 1.54) is 0 Å². The van der Waals surface area contributed by atoms with Crippen LogP contribution in [0, 0.1) is 6.92 Å². The Morgan fingerprint density at radius 2 is 1.85 bits per heavy atom. The van der Waals surface area contributed by atoms with E-state index in [0.717, 1.165) is 11.6 Å². The first kappa shape index (κ1) is 14.3. The molecule has 0 bridgehead atoms. The molecule has 2 aromatic heterocycles. The van der Waals surface area contributed by atoms with E-state index in [9.17, 15) is 4.79 Å². The molecule has 0 radical (unpaired) electrons. The van der Waals surface area contributed by atoms with Gasteiger partial charge in [0.25, 0.3) is 0 Å². The molecule has 2 heterocycles. The maximum absolute atomic E-state index is 12.2. The van der Waals surface area contributed by atoms with Gasteiger partial charge in [-0.15, -0.1) is 0 Å². The van der Waals surface area contributed by atoms with Crippen LogP contribution in [0.3, 0.4) is 0 Å². The number of rotatable bonds is 5. The third-order valence-corrected chi connectivity index (χ3v) is 3.38. The highest BCUT2D eigenvalue weighted by molar-refractivity contribution is 5.79. The number of nitrogens with one attached hydrogen (secondary N) is 1. The lowest BCUT2D eigenvalue weighted by atomic mass is 10.3. The molecule has 0 saturated heterocycles. The minimum atomic E-state index is -0.278. The van der Waals surface area contributed by atoms with Crippen LogP contribution < -0.4 is 5.32 Å². The first-order valence-corrected chi connectivity index (χ1v) is 6.79. The Hall–Kier alpha value is -2.11. The molecule has 0 aliphatic heterocycles. The zero-order valence-electron chi connectivity index (χ0n) is 12.4. The molecule has 2 rings (SSSR count). The Balaban J connectivity index is 1.99. The average Bonchev–Trinajstić information content (AvgIpc) is 3.03. The predicted molar refractivity (Wildman–Crippen MR) is 76.1 cm³/mol. The Morgan fingerprint density at radius 1 is 1.20 bits per heavy atom. The molecule has 6 heteroatoms. The summed E-state index contributed by atoms with van der Waals surface area (Å²) < 4.78 is 3.90. The van der Waals surface area contributed by atoms with E-state index in [1.807, 2.05) is 35.4 Å². The lowest BCUT2D eigenvalue weighted by Gasteiger charge is -2.16. The normalized spacial score (nSPS) is 12.7. The van der Waals surface area contributed by atoms with E-state index in [4.69, 9.17) is 0 Å². The van der Waals surface area contributed by atoms with Crippen molar-refractivity contribution in [1.82, 2.24) is 24.4 Å². The lowest BCUT2D eigenvalue weighted by molar-refractivity contribution is -0.124. The van der Waals surface area contributed by atoms with Gasteiger partial charge in [0, 0.05) is 30.8 Å². The lowest BCUT2D eigenvalue weighted by Crippen LogP contribution is -2.31. The Bertz CT molecular complexity index is 584. The van der Waals surface area contributed by atoms with Crippen LogP contribution in [0.15, 0.2) is 24.8 Å². The number of aromatic nitrogens is 4. The highest BCUT2D eigenvalue weighted by Gasteiger charge is 2.16. The van der Waals surface area contributed by atoms with Gasteiger partial charge in [-0.1, -0.05) is 0 Å². The second kappa shape index (κ2) is 5.90. The van der Waals surface area contributed by atoms with Gasteiger partial charge in [0.1, 0.15) is 17.7 Å². The minimum Gasteiger partial charge on any atom is -0.347 e. The number of aryl methyl sites for hydroxylation is 1. The van der Waals surface area contributed by atoms with Crippen molar-refractivity contribution in [2.45, 2.75) is 46.3 Å². The van der Waals surface area contributed by atoms with E-state index in [-0.39, 0.29) is 11.9 Å². The van der Waals surface area contributed by atoms with Crippen molar-refractivity contribution in [3.63, 3.8) is 0 Å². The molecule has 1 amide bonds. The summed E-state index contributed by atoms with van der Waals surface area (Å²) in [6.07, 6.45) is 7.19. The summed E-state index contributed by atoms with van der Waals surface area (Å²) in [6.45, 7) is 8.35. The largest absolute Gasteiger partial charge is 0.347 e. The van der Waals surface area contributed by atoms with Crippen molar-refractivity contribution in [2.24, 2.45) is 0 Å². The summed E-state index contributed by atoms with van der Waals surface area (Å²) in [5.41, 5.74) is 0. The molecule has 20 heavy (non-hydrogen) atoms. The zero-order valence-corrected chi connectivity index (χ0v) is 12.4. The molecular weight excluding hydrogens is 254 g/mol. The van der Waals surface area contributed by atoms with Gasteiger partial charge in [-0.2, -0.15) is 0 Å². The zero-order chi connectivity index (χ0) is 14.7. The van der Waals surface area contributed by atoms with Gasteiger partial charge in [-0.25, -0.2) is 9.97 Å². The SMILES string of the molecule is Cc1nccn1C(C)C(=O)NCc1nccn1C(C)C. The quantitative estimate of drug-likeness (QED) is 0.905. The standard InChI is InChI=1S/C14H21N5O/c1-10(2)18-7-6-16-13(18)9-17-14(20)11(3)19-8-5-15-12(19)4/h5-8,10-11H,9H2,1-4H3,(H,17,20). The number of carbonyl (C=O) groups excluding carboxylic acids is 1. The predicted octanol–water partition coefficient (Wildman–Crippen LogP) is 1.85. The molecule has 1 unspecified atom stereocenters. The van der Waals surface area contributed by atoms with Crippen LogP contribution in [0.2, 0.25) is 0 Å². The van der Waals surface area contributed by atoms with Crippen molar-refractivity contribution >= 4 is 5.91 Å². The van der Waals surface area contributed by atoms with Crippen molar-refractivity contribution in [3.8, 4) is 0 Å². The van der Waals surface area contributed by atoms with Crippen LogP contribution in [-0.4, -0.2) is 25.0 Å². The maximum atomic E-state index is 12.2. The van der Waals surface area contributed by atoms with Crippen molar-refractivity contribution in [3.05, 3.63) is 36.4 Å². The molecule has 0 aromatic carbocycles. The third kappa shape index (κ3) is 2.89. The fourth-order valence-electron chi connectivity index (χ4n) is 2.19. The van der Waals surface area contributed by atoms with Gasteiger partial charge in [0.15, 0.2) is 0 Å². The monoisotopic (exact) mass is 275 g/mol. The second-order valence-electron chi connectivity index (χ2n) is 5.12. The van der Waals surface area contributed by atoms with E-state index in [2.05, 4.69) is 29.1 Å². The molecule has 0 spiro atoms. The van der Waals surface area contributed by atoms with Gasteiger partial charge >= 0.3 is 0 Å². The van der Waals surface area contributed by atoms with Crippen LogP contribution in [0.25, 0.3) is 0 Å². The highest BCUT2D eigenvalue weighted by atomic mass is 16.2. The van der Waals surface area contributed by atoms with Crippen LogP contribution in [0.4, 0.5) is 0 Å². The summed E-state index contributed by atoms with van der Waals surface area (Å²) in [6, 6.07) is 0.0534. The van der Waals surface area contributed by atoms with Gasteiger partial charge in [0.2, 0.25) is 5.91 Å². The first-order chi connectivity index (χ1) is 9.50. The molecule has 1 atom stereocenters. The van der Waals surface area contributed by atoms with E-state index < -0.39 is 0 Å². The Kier molecular flexibility index (Phi) is 4.22. The molecule has 0 saturated carbocycles. The Morgan fingerprint density at radius 3 is 2.45 bits per heavy atom. The van der Waals surface area contributed by atoms with Gasteiger partial charge in [-0.05, 0) is 27.7 Å². The van der Waals surface area contributed by atoms with Gasteiger partial charge in [-0.3, -0.25) is 4.79 Å². The van der Waals surface area contributed by atoms with Crippen molar-refractivity contribution < 1.29 is 4.79 Å². The minimum absolute atomic E-state index is 0.0376. The Labute approximate surface area is 118 Å². The highest BCUT2D eigenvalue weighted by Crippen LogP contribution is 2.10. The number of imidazole rings is 2. The molecule has 0 aliphatic carbocycles. The molecule has 108 valence electrons. The number of hydrogen-bond donors (Lipinski definition) is 1. The number of amides is 1. The van der Waals surface area contributed by atoms with Crippen LogP contribution >= 0.6 is 0 Å². The molecule has 6 nitrogen and oxygen atoms in total.